The van der Waals surface area contributed by atoms with Crippen LogP contribution in [0, 0.1) is 6.92 Å². The molecule has 2 rings (SSSR count). The SMILES string of the molecule is Cc1cccnc1Cn1cc(Br)c(N)n1. The Balaban J connectivity index is 2.26. The van der Waals surface area contributed by atoms with Crippen LogP contribution in [-0.2, 0) is 6.54 Å². The molecule has 5 heteroatoms. The fourth-order valence-electron chi connectivity index (χ4n) is 1.33. The van der Waals surface area contributed by atoms with Crippen LogP contribution in [0.4, 0.5) is 5.82 Å². The molecule has 0 aliphatic carbocycles. The average molecular weight is 267 g/mol. The summed E-state index contributed by atoms with van der Waals surface area (Å²) in [4.78, 5) is 4.30. The molecular formula is C10H11BrN4. The number of nitrogens with two attached hydrogens (primary N) is 1. The molecule has 0 fully saturated rings. The number of halogens is 1. The topological polar surface area (TPSA) is 56.7 Å². The number of aryl methyl sites for hydroxylation is 1. The van der Waals surface area contributed by atoms with Gasteiger partial charge < -0.3 is 5.73 Å². The average Bonchev–Trinajstić information content (AvgIpc) is 2.50. The Bertz CT molecular complexity index is 459. The van der Waals surface area contributed by atoms with Crippen LogP contribution in [0.25, 0.3) is 0 Å². The fourth-order valence-corrected chi connectivity index (χ4v) is 1.65. The van der Waals surface area contributed by atoms with Crippen LogP contribution < -0.4 is 5.73 Å². The van der Waals surface area contributed by atoms with Gasteiger partial charge in [-0.3, -0.25) is 9.67 Å². The second kappa shape index (κ2) is 4.02. The van der Waals surface area contributed by atoms with Crippen LogP contribution >= 0.6 is 15.9 Å². The van der Waals surface area contributed by atoms with E-state index in [0.717, 1.165) is 15.7 Å². The lowest BCUT2D eigenvalue weighted by atomic mass is 10.2. The Hall–Kier alpha value is -1.36. The first-order valence-electron chi connectivity index (χ1n) is 4.56. The maximum atomic E-state index is 5.63. The van der Waals surface area contributed by atoms with Crippen molar-refractivity contribution < 1.29 is 0 Å². The molecule has 0 amide bonds. The van der Waals surface area contributed by atoms with Crippen molar-refractivity contribution >= 4 is 21.7 Å². The number of rotatable bonds is 2. The van der Waals surface area contributed by atoms with Crippen molar-refractivity contribution in [3.05, 3.63) is 40.3 Å². The Labute approximate surface area is 96.3 Å². The molecule has 0 aliphatic rings. The maximum Gasteiger partial charge on any atom is 0.159 e. The second-order valence-corrected chi connectivity index (χ2v) is 4.18. The molecule has 0 bridgehead atoms. The molecule has 2 N–H and O–H groups in total. The van der Waals surface area contributed by atoms with Gasteiger partial charge in [0.25, 0.3) is 0 Å². The predicted molar refractivity (Wildman–Crippen MR) is 62.4 cm³/mol. The first-order valence-corrected chi connectivity index (χ1v) is 5.35. The third-order valence-corrected chi connectivity index (χ3v) is 2.78. The largest absolute Gasteiger partial charge is 0.381 e. The van der Waals surface area contributed by atoms with Crippen LogP contribution in [0.1, 0.15) is 11.3 Å². The number of hydrogen-bond donors (Lipinski definition) is 1. The van der Waals surface area contributed by atoms with E-state index in [4.69, 9.17) is 5.73 Å². The van der Waals surface area contributed by atoms with Crippen molar-refractivity contribution in [2.75, 3.05) is 5.73 Å². The van der Waals surface area contributed by atoms with Crippen LogP contribution in [0.2, 0.25) is 0 Å². The van der Waals surface area contributed by atoms with E-state index in [2.05, 4.69) is 26.0 Å². The van der Waals surface area contributed by atoms with Crippen LogP contribution in [-0.4, -0.2) is 14.8 Å². The summed E-state index contributed by atoms with van der Waals surface area (Å²) < 4.78 is 2.59. The summed E-state index contributed by atoms with van der Waals surface area (Å²) in [5.74, 6) is 0.503. The fraction of sp³-hybridized carbons (Fsp3) is 0.200. The first-order chi connectivity index (χ1) is 7.16. The molecule has 0 spiro atoms. The van der Waals surface area contributed by atoms with Crippen molar-refractivity contribution in [1.82, 2.24) is 14.8 Å². The lowest BCUT2D eigenvalue weighted by Gasteiger charge is -2.03. The molecule has 0 saturated carbocycles. The molecule has 2 aromatic rings. The number of aromatic nitrogens is 3. The predicted octanol–water partition coefficient (Wildman–Crippen LogP) is 1.98. The Morgan fingerprint density at radius 2 is 2.33 bits per heavy atom. The van der Waals surface area contributed by atoms with Crippen molar-refractivity contribution in [3.63, 3.8) is 0 Å². The van der Waals surface area contributed by atoms with Crippen LogP contribution in [0.15, 0.2) is 29.0 Å². The van der Waals surface area contributed by atoms with Gasteiger partial charge in [-0.15, -0.1) is 0 Å². The van der Waals surface area contributed by atoms with Crippen molar-refractivity contribution in [1.29, 1.82) is 0 Å². The highest BCUT2D eigenvalue weighted by molar-refractivity contribution is 9.10. The van der Waals surface area contributed by atoms with Crippen molar-refractivity contribution in [2.45, 2.75) is 13.5 Å². The Morgan fingerprint density at radius 3 is 2.93 bits per heavy atom. The van der Waals surface area contributed by atoms with Gasteiger partial charge in [-0.2, -0.15) is 5.10 Å². The zero-order valence-corrected chi connectivity index (χ0v) is 9.90. The summed E-state index contributed by atoms with van der Waals surface area (Å²) >= 11 is 3.32. The first kappa shape index (κ1) is 10.2. The highest BCUT2D eigenvalue weighted by Crippen LogP contribution is 2.17. The highest BCUT2D eigenvalue weighted by Gasteiger charge is 2.04. The molecule has 0 aliphatic heterocycles. The summed E-state index contributed by atoms with van der Waals surface area (Å²) in [5.41, 5.74) is 7.80. The van der Waals surface area contributed by atoms with Gasteiger partial charge >= 0.3 is 0 Å². The number of nitrogen functional groups attached to an aromatic ring is 1. The van der Waals surface area contributed by atoms with Crippen LogP contribution in [0.5, 0.6) is 0 Å². The molecule has 0 unspecified atom stereocenters. The van der Waals surface area contributed by atoms with E-state index in [-0.39, 0.29) is 0 Å². The Kier molecular flexibility index (Phi) is 2.73. The molecule has 0 atom stereocenters. The van der Waals surface area contributed by atoms with E-state index in [1.165, 1.54) is 0 Å². The molecular weight excluding hydrogens is 256 g/mol. The van der Waals surface area contributed by atoms with Gasteiger partial charge in [-0.05, 0) is 34.5 Å². The van der Waals surface area contributed by atoms with E-state index in [9.17, 15) is 0 Å². The molecule has 2 aromatic heterocycles. The van der Waals surface area contributed by atoms with Gasteiger partial charge in [-0.1, -0.05) is 6.07 Å². The monoisotopic (exact) mass is 266 g/mol. The van der Waals surface area contributed by atoms with E-state index >= 15 is 0 Å². The van der Waals surface area contributed by atoms with Gasteiger partial charge in [0, 0.05) is 12.4 Å². The number of pyridine rings is 1. The van der Waals surface area contributed by atoms with Gasteiger partial charge in [-0.25, -0.2) is 0 Å². The van der Waals surface area contributed by atoms with E-state index in [1.54, 1.807) is 10.9 Å². The molecule has 2 heterocycles. The minimum Gasteiger partial charge on any atom is -0.381 e. The minimum atomic E-state index is 0.503. The standard InChI is InChI=1S/C10H11BrN4/c1-7-3-2-4-13-9(7)6-15-5-8(11)10(12)14-15/h2-5H,6H2,1H3,(H2,12,14). The minimum absolute atomic E-state index is 0.503. The summed E-state index contributed by atoms with van der Waals surface area (Å²) in [6.45, 7) is 2.67. The third-order valence-electron chi connectivity index (χ3n) is 2.17. The molecule has 0 saturated heterocycles. The zero-order valence-electron chi connectivity index (χ0n) is 8.31. The lowest BCUT2D eigenvalue weighted by molar-refractivity contribution is 0.672. The van der Waals surface area contributed by atoms with E-state index in [1.807, 2.05) is 25.3 Å². The number of hydrogen-bond acceptors (Lipinski definition) is 3. The normalized spacial score (nSPS) is 10.5. The van der Waals surface area contributed by atoms with E-state index in [0.29, 0.717) is 12.4 Å². The maximum absolute atomic E-state index is 5.63. The molecule has 0 aromatic carbocycles. The molecule has 78 valence electrons. The van der Waals surface area contributed by atoms with Gasteiger partial charge in [0.1, 0.15) is 0 Å². The lowest BCUT2D eigenvalue weighted by Crippen LogP contribution is -2.04. The highest BCUT2D eigenvalue weighted by atomic mass is 79.9. The van der Waals surface area contributed by atoms with Gasteiger partial charge in [0.15, 0.2) is 5.82 Å². The summed E-state index contributed by atoms with van der Waals surface area (Å²) in [6.07, 6.45) is 3.63. The zero-order chi connectivity index (χ0) is 10.8. The van der Waals surface area contributed by atoms with Crippen molar-refractivity contribution in [2.24, 2.45) is 0 Å². The van der Waals surface area contributed by atoms with Gasteiger partial charge in [0.2, 0.25) is 0 Å². The Morgan fingerprint density at radius 1 is 1.53 bits per heavy atom. The second-order valence-electron chi connectivity index (χ2n) is 3.33. The van der Waals surface area contributed by atoms with Crippen molar-refractivity contribution in [3.8, 4) is 0 Å². The number of anilines is 1. The summed E-state index contributed by atoms with van der Waals surface area (Å²) in [7, 11) is 0. The van der Waals surface area contributed by atoms with E-state index < -0.39 is 0 Å². The van der Waals surface area contributed by atoms with Crippen LogP contribution in [0.3, 0.4) is 0 Å². The molecule has 0 radical (unpaired) electrons. The smallest absolute Gasteiger partial charge is 0.159 e. The third kappa shape index (κ3) is 2.18. The molecule has 15 heavy (non-hydrogen) atoms. The molecule has 4 nitrogen and oxygen atoms in total. The van der Waals surface area contributed by atoms with Gasteiger partial charge in [0.05, 0.1) is 16.7 Å². The number of nitrogens with zero attached hydrogens (tertiary/aromatic N) is 3. The summed E-state index contributed by atoms with van der Waals surface area (Å²) in [5, 5.41) is 4.15. The summed E-state index contributed by atoms with van der Waals surface area (Å²) in [6, 6.07) is 3.95. The quantitative estimate of drug-likeness (QED) is 0.905.